The van der Waals surface area contributed by atoms with Crippen molar-refractivity contribution >= 4 is 23.5 Å². The highest BCUT2D eigenvalue weighted by Crippen LogP contribution is 2.27. The quantitative estimate of drug-likeness (QED) is 0.745. The number of carbonyl (C=O) groups is 3. The number of benzene rings is 1. The van der Waals surface area contributed by atoms with Crippen LogP contribution in [0.25, 0.3) is 0 Å². The fraction of sp³-hybridized carbons (Fsp3) is 0.278. The van der Waals surface area contributed by atoms with Crippen LogP contribution in [0.1, 0.15) is 34.7 Å². The van der Waals surface area contributed by atoms with Crippen LogP contribution in [0.4, 0.5) is 5.69 Å². The normalized spacial score (nSPS) is 16.0. The molecule has 0 radical (unpaired) electrons. The van der Waals surface area contributed by atoms with Gasteiger partial charge in [0.25, 0.3) is 0 Å². The van der Waals surface area contributed by atoms with Crippen molar-refractivity contribution in [3.8, 4) is 0 Å². The van der Waals surface area contributed by atoms with Gasteiger partial charge in [-0.3, -0.25) is 9.59 Å². The molecule has 7 nitrogen and oxygen atoms in total. The number of para-hydroxylation sites is 1. The molecular weight excluding hydrogens is 324 g/mol. The van der Waals surface area contributed by atoms with Crippen LogP contribution < -0.4 is 10.6 Å². The van der Waals surface area contributed by atoms with Crippen LogP contribution in [0.5, 0.6) is 0 Å². The van der Waals surface area contributed by atoms with Gasteiger partial charge in [-0.2, -0.15) is 0 Å². The summed E-state index contributed by atoms with van der Waals surface area (Å²) in [5, 5.41) is 14.3. The van der Waals surface area contributed by atoms with E-state index in [-0.39, 0.29) is 36.5 Å². The van der Waals surface area contributed by atoms with E-state index in [2.05, 4.69) is 10.6 Å². The SMILES string of the molecule is O=C(CCC1Cc2ccccc2NC1=O)NCc1ccc(C(=O)O)o1. The molecule has 1 aromatic carbocycles. The lowest BCUT2D eigenvalue weighted by Crippen LogP contribution is -2.31. The summed E-state index contributed by atoms with van der Waals surface area (Å²) >= 11 is 0. The van der Waals surface area contributed by atoms with Crippen molar-refractivity contribution in [1.82, 2.24) is 5.32 Å². The van der Waals surface area contributed by atoms with E-state index in [4.69, 9.17) is 9.52 Å². The number of anilines is 1. The molecule has 7 heteroatoms. The Hall–Kier alpha value is -3.09. The topological polar surface area (TPSA) is 109 Å². The number of amides is 2. The van der Waals surface area contributed by atoms with Crippen LogP contribution in [-0.4, -0.2) is 22.9 Å². The molecule has 1 unspecified atom stereocenters. The largest absolute Gasteiger partial charge is 0.475 e. The number of rotatable bonds is 6. The van der Waals surface area contributed by atoms with Gasteiger partial charge < -0.3 is 20.2 Å². The Morgan fingerprint density at radius 1 is 1.24 bits per heavy atom. The highest BCUT2D eigenvalue weighted by molar-refractivity contribution is 5.96. The first-order valence-corrected chi connectivity index (χ1v) is 8.00. The lowest BCUT2D eigenvalue weighted by molar-refractivity contribution is -0.123. The van der Waals surface area contributed by atoms with Crippen molar-refractivity contribution in [1.29, 1.82) is 0 Å². The third-order valence-corrected chi connectivity index (χ3v) is 4.16. The second-order valence-electron chi connectivity index (χ2n) is 5.93. The van der Waals surface area contributed by atoms with E-state index >= 15 is 0 Å². The average molecular weight is 342 g/mol. The zero-order valence-electron chi connectivity index (χ0n) is 13.5. The zero-order valence-corrected chi connectivity index (χ0v) is 13.5. The number of carboxylic acid groups (broad SMARTS) is 1. The molecule has 0 fully saturated rings. The van der Waals surface area contributed by atoms with Gasteiger partial charge in [0.15, 0.2) is 0 Å². The molecule has 3 N–H and O–H groups in total. The molecule has 0 bridgehead atoms. The van der Waals surface area contributed by atoms with E-state index in [9.17, 15) is 14.4 Å². The molecule has 2 heterocycles. The van der Waals surface area contributed by atoms with Crippen molar-refractivity contribution in [2.45, 2.75) is 25.8 Å². The summed E-state index contributed by atoms with van der Waals surface area (Å²) in [4.78, 5) is 34.8. The molecule has 130 valence electrons. The molecular formula is C18H18N2O5. The van der Waals surface area contributed by atoms with Gasteiger partial charge in [0.1, 0.15) is 5.76 Å². The minimum absolute atomic E-state index is 0.0661. The third-order valence-electron chi connectivity index (χ3n) is 4.16. The van der Waals surface area contributed by atoms with E-state index in [1.165, 1.54) is 12.1 Å². The van der Waals surface area contributed by atoms with E-state index in [1.807, 2.05) is 24.3 Å². The van der Waals surface area contributed by atoms with Gasteiger partial charge in [-0.1, -0.05) is 18.2 Å². The second-order valence-corrected chi connectivity index (χ2v) is 5.93. The van der Waals surface area contributed by atoms with Gasteiger partial charge >= 0.3 is 5.97 Å². The highest BCUT2D eigenvalue weighted by atomic mass is 16.4. The fourth-order valence-corrected chi connectivity index (χ4v) is 2.81. The number of hydrogen-bond acceptors (Lipinski definition) is 4. The fourth-order valence-electron chi connectivity index (χ4n) is 2.81. The molecule has 2 aromatic rings. The maximum Gasteiger partial charge on any atom is 0.371 e. The van der Waals surface area contributed by atoms with Crippen LogP contribution in [0.3, 0.4) is 0 Å². The van der Waals surface area contributed by atoms with Crippen molar-refractivity contribution in [3.63, 3.8) is 0 Å². The Balaban J connectivity index is 1.47. The first-order chi connectivity index (χ1) is 12.0. The molecule has 0 saturated heterocycles. The van der Waals surface area contributed by atoms with Crippen LogP contribution >= 0.6 is 0 Å². The van der Waals surface area contributed by atoms with Crippen molar-refractivity contribution in [3.05, 3.63) is 53.5 Å². The average Bonchev–Trinajstić information content (AvgIpc) is 3.07. The maximum atomic E-state index is 12.1. The monoisotopic (exact) mass is 342 g/mol. The summed E-state index contributed by atoms with van der Waals surface area (Å²) in [6.45, 7) is 0.117. The summed E-state index contributed by atoms with van der Waals surface area (Å²) in [6, 6.07) is 10.5. The summed E-state index contributed by atoms with van der Waals surface area (Å²) in [6.07, 6.45) is 1.28. The predicted molar refractivity (Wildman–Crippen MR) is 89.0 cm³/mol. The highest BCUT2D eigenvalue weighted by Gasteiger charge is 2.26. The Labute approximate surface area is 144 Å². The summed E-state index contributed by atoms with van der Waals surface area (Å²) in [7, 11) is 0. The Morgan fingerprint density at radius 2 is 2.04 bits per heavy atom. The molecule has 1 atom stereocenters. The van der Waals surface area contributed by atoms with Crippen molar-refractivity contribution in [2.24, 2.45) is 5.92 Å². The Kier molecular flexibility index (Phi) is 4.83. The van der Waals surface area contributed by atoms with Gasteiger partial charge in [-0.05, 0) is 36.6 Å². The van der Waals surface area contributed by atoms with Crippen molar-refractivity contribution < 1.29 is 23.9 Å². The Bertz CT molecular complexity index is 811. The van der Waals surface area contributed by atoms with Gasteiger partial charge in [0.2, 0.25) is 17.6 Å². The number of carboxylic acids is 1. The van der Waals surface area contributed by atoms with E-state index in [1.54, 1.807) is 0 Å². The smallest absolute Gasteiger partial charge is 0.371 e. The summed E-state index contributed by atoms with van der Waals surface area (Å²) in [5.41, 5.74) is 1.91. The number of hydrogen-bond donors (Lipinski definition) is 3. The lowest BCUT2D eigenvalue weighted by atomic mass is 9.89. The number of nitrogens with one attached hydrogen (secondary N) is 2. The standard InChI is InChI=1S/C18H18N2O5/c21-16(19-10-13-6-7-15(25-13)18(23)24)8-5-12-9-11-3-1-2-4-14(11)20-17(12)22/h1-4,6-7,12H,5,8-10H2,(H,19,21)(H,20,22)(H,23,24). The number of aromatic carboxylic acids is 1. The molecule has 0 saturated carbocycles. The molecule has 0 aliphatic carbocycles. The predicted octanol–water partition coefficient (Wildman–Crippen LogP) is 2.19. The van der Waals surface area contributed by atoms with Crippen LogP contribution in [-0.2, 0) is 22.6 Å². The number of fused-ring (bicyclic) bond motifs is 1. The molecule has 1 aliphatic rings. The van der Waals surface area contributed by atoms with Crippen LogP contribution in [0.15, 0.2) is 40.8 Å². The van der Waals surface area contributed by atoms with E-state index < -0.39 is 5.97 Å². The van der Waals surface area contributed by atoms with Crippen LogP contribution in [0.2, 0.25) is 0 Å². The summed E-state index contributed by atoms with van der Waals surface area (Å²) < 4.78 is 5.07. The van der Waals surface area contributed by atoms with Crippen molar-refractivity contribution in [2.75, 3.05) is 5.32 Å². The second kappa shape index (κ2) is 7.21. The lowest BCUT2D eigenvalue weighted by Gasteiger charge is -2.24. The zero-order chi connectivity index (χ0) is 17.8. The molecule has 25 heavy (non-hydrogen) atoms. The first kappa shape index (κ1) is 16.8. The molecule has 1 aliphatic heterocycles. The molecule has 2 amide bonds. The van der Waals surface area contributed by atoms with Gasteiger partial charge in [0.05, 0.1) is 6.54 Å². The minimum atomic E-state index is -1.15. The van der Waals surface area contributed by atoms with Gasteiger partial charge in [-0.15, -0.1) is 0 Å². The third kappa shape index (κ3) is 4.06. The van der Waals surface area contributed by atoms with Gasteiger partial charge in [-0.25, -0.2) is 4.79 Å². The maximum absolute atomic E-state index is 12.1. The first-order valence-electron chi connectivity index (χ1n) is 8.00. The van der Waals surface area contributed by atoms with E-state index in [0.717, 1.165) is 11.3 Å². The van der Waals surface area contributed by atoms with Gasteiger partial charge in [0, 0.05) is 18.0 Å². The van der Waals surface area contributed by atoms with E-state index in [0.29, 0.717) is 18.6 Å². The summed E-state index contributed by atoms with van der Waals surface area (Å²) in [5.74, 6) is -1.45. The van der Waals surface area contributed by atoms with Crippen LogP contribution in [0, 0.1) is 5.92 Å². The molecule has 0 spiro atoms. The number of carbonyl (C=O) groups excluding carboxylic acids is 2. The molecule has 3 rings (SSSR count). The number of furan rings is 1. The molecule has 1 aromatic heterocycles. The Morgan fingerprint density at radius 3 is 2.80 bits per heavy atom. The minimum Gasteiger partial charge on any atom is -0.475 e.